The Kier molecular flexibility index (Phi) is 3.97. The van der Waals surface area contributed by atoms with Gasteiger partial charge in [0, 0.05) is 17.6 Å². The average molecular weight is 338 g/mol. The molecule has 1 atom stereocenters. The lowest BCUT2D eigenvalue weighted by Crippen LogP contribution is -2.49. The zero-order chi connectivity index (χ0) is 17.2. The van der Waals surface area contributed by atoms with Crippen LogP contribution in [0.4, 0.5) is 5.69 Å². The van der Waals surface area contributed by atoms with Gasteiger partial charge in [0.2, 0.25) is 5.91 Å². The minimum Gasteiger partial charge on any atom is -0.459 e. The highest BCUT2D eigenvalue weighted by molar-refractivity contribution is 6.01. The summed E-state index contributed by atoms with van der Waals surface area (Å²) in [5.41, 5.74) is 1.60. The van der Waals surface area contributed by atoms with Crippen LogP contribution in [0.5, 0.6) is 0 Å². The first-order valence-electron chi connectivity index (χ1n) is 8.31. The van der Waals surface area contributed by atoms with Crippen LogP contribution in [0.1, 0.15) is 29.8 Å². The second-order valence-corrected chi connectivity index (χ2v) is 6.15. The molecule has 0 saturated carbocycles. The lowest BCUT2D eigenvalue weighted by Gasteiger charge is -2.34. The van der Waals surface area contributed by atoms with Gasteiger partial charge < -0.3 is 14.6 Å². The average Bonchev–Trinajstić information content (AvgIpc) is 3.32. The molecule has 0 spiro atoms. The van der Waals surface area contributed by atoms with E-state index in [0.717, 1.165) is 23.7 Å². The van der Waals surface area contributed by atoms with E-state index in [4.69, 9.17) is 4.42 Å². The summed E-state index contributed by atoms with van der Waals surface area (Å²) < 4.78 is 5.20. The highest BCUT2D eigenvalue weighted by Gasteiger charge is 2.33. The molecule has 7 heteroatoms. The van der Waals surface area contributed by atoms with Crippen molar-refractivity contribution >= 4 is 28.4 Å². The Morgan fingerprint density at radius 1 is 1.28 bits per heavy atom. The smallest absolute Gasteiger partial charge is 0.290 e. The molecule has 1 aromatic carbocycles. The number of aromatic amines is 1. The van der Waals surface area contributed by atoms with Gasteiger partial charge in [-0.2, -0.15) is 5.10 Å². The third-order valence-corrected chi connectivity index (χ3v) is 4.51. The molecule has 7 nitrogen and oxygen atoms in total. The molecule has 25 heavy (non-hydrogen) atoms. The summed E-state index contributed by atoms with van der Waals surface area (Å²) in [6.07, 6.45) is 5.62. The quantitative estimate of drug-likeness (QED) is 0.768. The zero-order valence-corrected chi connectivity index (χ0v) is 13.6. The van der Waals surface area contributed by atoms with Gasteiger partial charge in [-0.05, 0) is 49.6 Å². The highest BCUT2D eigenvalue weighted by Crippen LogP contribution is 2.23. The largest absolute Gasteiger partial charge is 0.459 e. The van der Waals surface area contributed by atoms with Crippen molar-refractivity contribution in [2.45, 2.75) is 25.3 Å². The van der Waals surface area contributed by atoms with Crippen LogP contribution >= 0.6 is 0 Å². The van der Waals surface area contributed by atoms with Crippen LogP contribution in [0, 0.1) is 0 Å². The van der Waals surface area contributed by atoms with Gasteiger partial charge in [0.15, 0.2) is 5.76 Å². The van der Waals surface area contributed by atoms with Crippen LogP contribution in [-0.4, -0.2) is 39.5 Å². The second kappa shape index (κ2) is 6.43. The number of amides is 2. The number of nitrogens with one attached hydrogen (secondary N) is 2. The zero-order valence-electron chi connectivity index (χ0n) is 13.6. The second-order valence-electron chi connectivity index (χ2n) is 6.15. The van der Waals surface area contributed by atoms with Crippen molar-refractivity contribution in [2.75, 3.05) is 11.9 Å². The number of rotatable bonds is 3. The molecule has 3 heterocycles. The van der Waals surface area contributed by atoms with Gasteiger partial charge in [0.1, 0.15) is 6.04 Å². The monoisotopic (exact) mass is 338 g/mol. The third kappa shape index (κ3) is 3.00. The molecule has 3 aromatic rings. The minimum absolute atomic E-state index is 0.178. The summed E-state index contributed by atoms with van der Waals surface area (Å²) in [5, 5.41) is 10.7. The number of H-pyrrole nitrogens is 1. The van der Waals surface area contributed by atoms with Crippen molar-refractivity contribution in [2.24, 2.45) is 0 Å². The summed E-state index contributed by atoms with van der Waals surface area (Å²) in [6, 6.07) is 8.35. The van der Waals surface area contributed by atoms with Crippen molar-refractivity contribution in [1.82, 2.24) is 15.1 Å². The van der Waals surface area contributed by atoms with E-state index < -0.39 is 6.04 Å². The van der Waals surface area contributed by atoms with Gasteiger partial charge in [-0.15, -0.1) is 0 Å². The molecule has 1 saturated heterocycles. The Hall–Kier alpha value is -3.09. The number of hydrogen-bond donors (Lipinski definition) is 2. The Morgan fingerprint density at radius 3 is 3.04 bits per heavy atom. The van der Waals surface area contributed by atoms with Gasteiger partial charge in [0.25, 0.3) is 5.91 Å². The molecular weight excluding hydrogens is 320 g/mol. The number of piperidine rings is 1. The van der Waals surface area contributed by atoms with Crippen molar-refractivity contribution in [3.63, 3.8) is 0 Å². The van der Waals surface area contributed by atoms with Crippen LogP contribution in [0.25, 0.3) is 10.9 Å². The van der Waals surface area contributed by atoms with E-state index >= 15 is 0 Å². The van der Waals surface area contributed by atoms with Gasteiger partial charge in [-0.1, -0.05) is 0 Å². The minimum atomic E-state index is -0.494. The van der Waals surface area contributed by atoms with Gasteiger partial charge in [0.05, 0.1) is 18.0 Å². The molecule has 0 radical (unpaired) electrons. The van der Waals surface area contributed by atoms with Crippen molar-refractivity contribution in [3.8, 4) is 0 Å². The Morgan fingerprint density at radius 2 is 2.20 bits per heavy atom. The SMILES string of the molecule is O=C(Nc1ccc2[nH]ncc2c1)C1CCCCN1C(=O)c1ccco1. The fourth-order valence-electron chi connectivity index (χ4n) is 3.24. The first-order valence-corrected chi connectivity index (χ1v) is 8.31. The molecule has 2 aromatic heterocycles. The van der Waals surface area contributed by atoms with Crippen LogP contribution in [0.2, 0.25) is 0 Å². The molecule has 4 rings (SSSR count). The van der Waals surface area contributed by atoms with Crippen LogP contribution < -0.4 is 5.32 Å². The van der Waals surface area contributed by atoms with Crippen LogP contribution in [-0.2, 0) is 4.79 Å². The predicted octanol–water partition coefficient (Wildman–Crippen LogP) is 2.79. The number of likely N-dealkylation sites (tertiary alicyclic amines) is 1. The number of nitrogens with zero attached hydrogens (tertiary/aromatic N) is 2. The number of benzene rings is 1. The number of anilines is 1. The molecule has 2 N–H and O–H groups in total. The van der Waals surface area contributed by atoms with E-state index in [1.54, 1.807) is 23.2 Å². The summed E-state index contributed by atoms with van der Waals surface area (Å²) in [4.78, 5) is 27.0. The number of furan rings is 1. The van der Waals surface area contributed by atoms with E-state index in [1.165, 1.54) is 6.26 Å². The Balaban J connectivity index is 1.53. The van der Waals surface area contributed by atoms with E-state index in [9.17, 15) is 9.59 Å². The van der Waals surface area contributed by atoms with Gasteiger partial charge in [-0.25, -0.2) is 0 Å². The fourth-order valence-corrected chi connectivity index (χ4v) is 3.24. The Bertz CT molecular complexity index is 900. The van der Waals surface area contributed by atoms with Crippen molar-refractivity contribution in [3.05, 3.63) is 48.6 Å². The van der Waals surface area contributed by atoms with Crippen molar-refractivity contribution in [1.29, 1.82) is 0 Å². The topological polar surface area (TPSA) is 91.2 Å². The van der Waals surface area contributed by atoms with E-state index in [0.29, 0.717) is 18.7 Å². The first kappa shape index (κ1) is 15.4. The fraction of sp³-hybridized carbons (Fsp3) is 0.278. The summed E-state index contributed by atoms with van der Waals surface area (Å²) in [7, 11) is 0. The number of carbonyl (C=O) groups excluding carboxylic acids is 2. The van der Waals surface area contributed by atoms with Gasteiger partial charge in [-0.3, -0.25) is 14.7 Å². The van der Waals surface area contributed by atoms with E-state index in [-0.39, 0.29) is 17.6 Å². The Labute approximate surface area is 144 Å². The number of carbonyl (C=O) groups is 2. The maximum Gasteiger partial charge on any atom is 0.290 e. The maximum atomic E-state index is 12.8. The van der Waals surface area contributed by atoms with E-state index in [2.05, 4.69) is 15.5 Å². The molecule has 128 valence electrons. The molecule has 2 amide bonds. The molecule has 0 aliphatic carbocycles. The van der Waals surface area contributed by atoms with Crippen LogP contribution in [0.15, 0.2) is 47.2 Å². The molecule has 1 unspecified atom stereocenters. The van der Waals surface area contributed by atoms with Crippen LogP contribution in [0.3, 0.4) is 0 Å². The van der Waals surface area contributed by atoms with Crippen molar-refractivity contribution < 1.29 is 14.0 Å². The standard InChI is InChI=1S/C18H18N4O3/c23-17(20-13-6-7-14-12(10-13)11-19-21-14)15-4-1-2-8-22(15)18(24)16-5-3-9-25-16/h3,5-7,9-11,15H,1-2,4,8H2,(H,19,21)(H,20,23). The van der Waals surface area contributed by atoms with Gasteiger partial charge >= 0.3 is 0 Å². The summed E-state index contributed by atoms with van der Waals surface area (Å²) in [6.45, 7) is 0.554. The summed E-state index contributed by atoms with van der Waals surface area (Å²) >= 11 is 0. The number of aromatic nitrogens is 2. The maximum absolute atomic E-state index is 12.8. The highest BCUT2D eigenvalue weighted by atomic mass is 16.3. The van der Waals surface area contributed by atoms with E-state index in [1.807, 2.05) is 18.2 Å². The lowest BCUT2D eigenvalue weighted by atomic mass is 10.0. The molecule has 1 fully saturated rings. The number of hydrogen-bond acceptors (Lipinski definition) is 4. The molecular formula is C18H18N4O3. The summed E-state index contributed by atoms with van der Waals surface area (Å²) in [5.74, 6) is -0.155. The molecule has 1 aliphatic rings. The molecule has 0 bridgehead atoms. The lowest BCUT2D eigenvalue weighted by molar-refractivity contribution is -0.121. The third-order valence-electron chi connectivity index (χ3n) is 4.51. The molecule has 1 aliphatic heterocycles. The normalized spacial score (nSPS) is 17.6. The number of fused-ring (bicyclic) bond motifs is 1. The first-order chi connectivity index (χ1) is 12.2. The predicted molar refractivity (Wildman–Crippen MR) is 92.1 cm³/mol.